The molecular formula is C4H15N3OSi. The van der Waals surface area contributed by atoms with Crippen LogP contribution in [0.5, 0.6) is 0 Å². The number of rotatable bonds is 4. The molecule has 56 valence electrons. The van der Waals surface area contributed by atoms with E-state index in [1.165, 1.54) is 0 Å². The number of nitrogens with one attached hydrogen (secondary N) is 2. The lowest BCUT2D eigenvalue weighted by atomic mass is 11.3. The summed E-state index contributed by atoms with van der Waals surface area (Å²) in [5, 5.41) is 0. The van der Waals surface area contributed by atoms with Gasteiger partial charge in [0.05, 0.1) is 6.73 Å². The van der Waals surface area contributed by atoms with E-state index in [9.17, 15) is 0 Å². The first-order chi connectivity index (χ1) is 4.06. The monoisotopic (exact) mass is 149 g/mol. The van der Waals surface area contributed by atoms with Crippen molar-refractivity contribution in [3.63, 3.8) is 0 Å². The molecule has 0 saturated heterocycles. The maximum absolute atomic E-state index is 5.36. The number of nitrogens with two attached hydrogens (primary N) is 1. The van der Waals surface area contributed by atoms with Crippen LogP contribution in [0.4, 0.5) is 0 Å². The Morgan fingerprint density at radius 1 is 1.44 bits per heavy atom. The molecule has 4 nitrogen and oxygen atoms in total. The van der Waals surface area contributed by atoms with Crippen LogP contribution in [0.2, 0.25) is 19.6 Å². The third-order valence-corrected chi connectivity index (χ3v) is 1.69. The molecule has 0 aliphatic rings. The maximum Gasteiger partial charge on any atom is 0.185 e. The van der Waals surface area contributed by atoms with Gasteiger partial charge in [0.2, 0.25) is 0 Å². The van der Waals surface area contributed by atoms with Gasteiger partial charge in [-0.3, -0.25) is 5.84 Å². The lowest BCUT2D eigenvalue weighted by Crippen LogP contribution is -2.42. The molecule has 0 heterocycles. The fourth-order valence-electron chi connectivity index (χ4n) is 0.294. The number of hydrogen-bond donors (Lipinski definition) is 3. The molecular weight excluding hydrogens is 134 g/mol. The molecule has 0 radical (unpaired) electrons. The van der Waals surface area contributed by atoms with E-state index in [0.717, 1.165) is 0 Å². The molecule has 5 heteroatoms. The summed E-state index contributed by atoms with van der Waals surface area (Å²) in [6, 6.07) is 0. The van der Waals surface area contributed by atoms with Crippen molar-refractivity contribution in [2.24, 2.45) is 5.84 Å². The SMILES string of the molecule is C[Si](C)(C)OCNNN. The molecule has 4 N–H and O–H groups in total. The quantitative estimate of drug-likeness (QED) is 0.170. The smallest absolute Gasteiger partial charge is 0.185 e. The van der Waals surface area contributed by atoms with Gasteiger partial charge in [-0.1, -0.05) is 0 Å². The Kier molecular flexibility index (Phi) is 3.99. The standard InChI is InChI=1S/C4H15N3OSi/c1-9(2,3)8-4-6-7-5/h6-7H,4-5H2,1-3H3. The summed E-state index contributed by atoms with van der Waals surface area (Å²) in [6.45, 7) is 6.83. The summed E-state index contributed by atoms with van der Waals surface area (Å²) < 4.78 is 5.36. The normalized spacial score (nSPS) is 12.0. The van der Waals surface area contributed by atoms with E-state index in [0.29, 0.717) is 6.73 Å². The molecule has 0 aromatic rings. The highest BCUT2D eigenvalue weighted by Crippen LogP contribution is 1.99. The molecule has 0 spiro atoms. The number of hydrazine groups is 2. The highest BCUT2D eigenvalue weighted by atomic mass is 28.4. The maximum atomic E-state index is 5.36. The van der Waals surface area contributed by atoms with Gasteiger partial charge in [0.15, 0.2) is 8.32 Å². The average molecular weight is 149 g/mol. The van der Waals surface area contributed by atoms with Crippen LogP contribution in [0, 0.1) is 0 Å². The largest absolute Gasteiger partial charge is 0.404 e. The summed E-state index contributed by atoms with van der Waals surface area (Å²) in [5.41, 5.74) is 4.93. The van der Waals surface area contributed by atoms with Gasteiger partial charge in [-0.2, -0.15) is 5.53 Å². The predicted octanol–water partition coefficient (Wildman–Crippen LogP) is -0.237. The zero-order chi connectivity index (χ0) is 7.33. The van der Waals surface area contributed by atoms with E-state index in [1.807, 2.05) is 0 Å². The summed E-state index contributed by atoms with van der Waals surface area (Å²) in [5.74, 6) is 4.93. The van der Waals surface area contributed by atoms with Gasteiger partial charge < -0.3 is 4.43 Å². The van der Waals surface area contributed by atoms with E-state index in [1.54, 1.807) is 0 Å². The highest BCUT2D eigenvalue weighted by molar-refractivity contribution is 6.69. The lowest BCUT2D eigenvalue weighted by Gasteiger charge is -2.16. The van der Waals surface area contributed by atoms with Crippen molar-refractivity contribution in [2.45, 2.75) is 19.6 Å². The predicted molar refractivity (Wildman–Crippen MR) is 39.8 cm³/mol. The van der Waals surface area contributed by atoms with Gasteiger partial charge in [0.25, 0.3) is 0 Å². The molecule has 0 aromatic heterocycles. The average Bonchev–Trinajstić information content (AvgIpc) is 1.63. The fourth-order valence-corrected chi connectivity index (χ4v) is 0.799. The number of hydrogen-bond acceptors (Lipinski definition) is 4. The van der Waals surface area contributed by atoms with Crippen LogP contribution in [0.3, 0.4) is 0 Å². The summed E-state index contributed by atoms with van der Waals surface area (Å²) in [4.78, 5) is 0. The Morgan fingerprint density at radius 3 is 2.33 bits per heavy atom. The molecule has 0 bridgehead atoms. The minimum absolute atomic E-state index is 0.478. The van der Waals surface area contributed by atoms with Crippen molar-refractivity contribution in [3.8, 4) is 0 Å². The van der Waals surface area contributed by atoms with Crippen molar-refractivity contribution in [2.75, 3.05) is 6.73 Å². The van der Waals surface area contributed by atoms with E-state index in [2.05, 4.69) is 30.6 Å². The molecule has 0 rings (SSSR count). The van der Waals surface area contributed by atoms with E-state index in [4.69, 9.17) is 10.3 Å². The van der Waals surface area contributed by atoms with Crippen molar-refractivity contribution >= 4 is 8.32 Å². The second kappa shape index (κ2) is 3.97. The zero-order valence-electron chi connectivity index (χ0n) is 6.19. The van der Waals surface area contributed by atoms with Crippen LogP contribution in [0.25, 0.3) is 0 Å². The van der Waals surface area contributed by atoms with Gasteiger partial charge in [-0.05, 0) is 19.6 Å². The first-order valence-electron chi connectivity index (χ1n) is 2.89. The minimum atomic E-state index is -1.35. The lowest BCUT2D eigenvalue weighted by molar-refractivity contribution is 0.255. The minimum Gasteiger partial charge on any atom is -0.404 e. The molecule has 0 fully saturated rings. The van der Waals surface area contributed by atoms with Crippen LogP contribution in [-0.2, 0) is 4.43 Å². The first-order valence-corrected chi connectivity index (χ1v) is 6.29. The van der Waals surface area contributed by atoms with Gasteiger partial charge in [0.1, 0.15) is 0 Å². The van der Waals surface area contributed by atoms with Crippen LogP contribution in [0.1, 0.15) is 0 Å². The Morgan fingerprint density at radius 2 is 2.00 bits per heavy atom. The summed E-state index contributed by atoms with van der Waals surface area (Å²) in [6.07, 6.45) is 0. The van der Waals surface area contributed by atoms with Gasteiger partial charge >= 0.3 is 0 Å². The molecule has 0 atom stereocenters. The van der Waals surface area contributed by atoms with Crippen molar-refractivity contribution in [1.82, 2.24) is 11.0 Å². The summed E-state index contributed by atoms with van der Waals surface area (Å²) >= 11 is 0. The van der Waals surface area contributed by atoms with Crippen molar-refractivity contribution < 1.29 is 4.43 Å². The van der Waals surface area contributed by atoms with Crippen molar-refractivity contribution in [1.29, 1.82) is 0 Å². The molecule has 0 aliphatic heterocycles. The highest BCUT2D eigenvalue weighted by Gasteiger charge is 2.12. The van der Waals surface area contributed by atoms with Crippen LogP contribution < -0.4 is 16.8 Å². The third-order valence-electron chi connectivity index (χ3n) is 0.679. The van der Waals surface area contributed by atoms with Gasteiger partial charge in [-0.25, -0.2) is 5.43 Å². The molecule has 0 saturated carbocycles. The topological polar surface area (TPSA) is 59.3 Å². The summed E-state index contributed by atoms with van der Waals surface area (Å²) in [7, 11) is -1.35. The second-order valence-corrected chi connectivity index (χ2v) is 7.24. The Hall–Kier alpha value is 0.0569. The first kappa shape index (κ1) is 9.06. The third kappa shape index (κ3) is 8.06. The molecule has 0 unspecified atom stereocenters. The van der Waals surface area contributed by atoms with Crippen molar-refractivity contribution in [3.05, 3.63) is 0 Å². The van der Waals surface area contributed by atoms with E-state index >= 15 is 0 Å². The van der Waals surface area contributed by atoms with E-state index < -0.39 is 8.32 Å². The Balaban J connectivity index is 3.07. The van der Waals surface area contributed by atoms with E-state index in [-0.39, 0.29) is 0 Å². The molecule has 0 aromatic carbocycles. The molecule has 9 heavy (non-hydrogen) atoms. The van der Waals surface area contributed by atoms with Gasteiger partial charge in [0, 0.05) is 0 Å². The zero-order valence-corrected chi connectivity index (χ0v) is 7.19. The Labute approximate surface area is 56.8 Å². The Bertz CT molecular complexity index is 72.7. The second-order valence-electron chi connectivity index (χ2n) is 2.72. The van der Waals surface area contributed by atoms with Gasteiger partial charge in [-0.15, -0.1) is 0 Å². The van der Waals surface area contributed by atoms with Crippen LogP contribution in [0.15, 0.2) is 0 Å². The fraction of sp³-hybridized carbons (Fsp3) is 1.00. The van der Waals surface area contributed by atoms with Crippen LogP contribution >= 0.6 is 0 Å². The van der Waals surface area contributed by atoms with Crippen LogP contribution in [-0.4, -0.2) is 15.0 Å². The molecule has 0 amide bonds. The molecule has 0 aliphatic carbocycles.